The van der Waals surface area contributed by atoms with E-state index < -0.39 is 0 Å². The van der Waals surface area contributed by atoms with Crippen molar-refractivity contribution in [2.24, 2.45) is 0 Å². The van der Waals surface area contributed by atoms with E-state index in [0.29, 0.717) is 12.1 Å². The quantitative estimate of drug-likeness (QED) is 0.658. The highest BCUT2D eigenvalue weighted by atomic mass is 79.9. The van der Waals surface area contributed by atoms with Gasteiger partial charge < -0.3 is 10.2 Å². The van der Waals surface area contributed by atoms with Crippen LogP contribution >= 0.6 is 27.3 Å². The van der Waals surface area contributed by atoms with Crippen LogP contribution in [0.3, 0.4) is 0 Å². The van der Waals surface area contributed by atoms with Crippen molar-refractivity contribution in [3.8, 4) is 0 Å². The van der Waals surface area contributed by atoms with Crippen molar-refractivity contribution in [2.75, 3.05) is 13.1 Å². The Morgan fingerprint density at radius 1 is 1.19 bits per heavy atom. The summed E-state index contributed by atoms with van der Waals surface area (Å²) in [7, 11) is 0. The molecule has 0 radical (unpaired) electrons. The Balaban J connectivity index is 1.43. The zero-order valence-electron chi connectivity index (χ0n) is 14.5. The summed E-state index contributed by atoms with van der Waals surface area (Å²) < 4.78 is 2.04. The maximum Gasteiger partial charge on any atom is 0.251 e. The predicted octanol–water partition coefficient (Wildman–Crippen LogP) is 4.15. The summed E-state index contributed by atoms with van der Waals surface area (Å²) in [6.07, 6.45) is 1.86. The molecule has 27 heavy (non-hydrogen) atoms. The lowest BCUT2D eigenvalue weighted by molar-refractivity contribution is -0.131. The highest BCUT2D eigenvalue weighted by molar-refractivity contribution is 9.10. The van der Waals surface area contributed by atoms with E-state index in [1.807, 2.05) is 23.1 Å². The zero-order chi connectivity index (χ0) is 18.8. The third-order valence-corrected chi connectivity index (χ3v) is 6.34. The summed E-state index contributed by atoms with van der Waals surface area (Å²) in [6.45, 7) is 0.698. The molecule has 1 saturated heterocycles. The van der Waals surface area contributed by atoms with Crippen molar-refractivity contribution in [1.29, 1.82) is 0 Å². The summed E-state index contributed by atoms with van der Waals surface area (Å²) in [5, 5.41) is 3.70. The van der Waals surface area contributed by atoms with Crippen LogP contribution in [0.15, 0.2) is 53.0 Å². The topological polar surface area (TPSA) is 62.3 Å². The first-order valence-corrected chi connectivity index (χ1v) is 10.4. The lowest BCUT2D eigenvalue weighted by Gasteiger charge is -2.23. The normalized spacial score (nSPS) is 16.6. The monoisotopic (exact) mass is 443 g/mol. The fourth-order valence-corrected chi connectivity index (χ4v) is 4.69. The maximum atomic E-state index is 12.7. The van der Waals surface area contributed by atoms with Gasteiger partial charge in [0.25, 0.3) is 5.91 Å². The van der Waals surface area contributed by atoms with Gasteiger partial charge in [0.2, 0.25) is 5.91 Å². The molecule has 2 amide bonds. The van der Waals surface area contributed by atoms with Gasteiger partial charge in [-0.2, -0.15) is 0 Å². The molecule has 5 nitrogen and oxygen atoms in total. The fraction of sp³-hybridized carbons (Fsp3) is 0.250. The average molecular weight is 444 g/mol. The Hall–Kier alpha value is -2.25. The van der Waals surface area contributed by atoms with E-state index in [1.165, 1.54) is 0 Å². The molecule has 1 aromatic heterocycles. The molecule has 0 bridgehead atoms. The maximum absolute atomic E-state index is 12.7. The first-order chi connectivity index (χ1) is 13.1. The molecule has 1 aliphatic heterocycles. The van der Waals surface area contributed by atoms with Gasteiger partial charge in [0.15, 0.2) is 0 Å². The highest BCUT2D eigenvalue weighted by Crippen LogP contribution is 2.36. The summed E-state index contributed by atoms with van der Waals surface area (Å²) in [6, 6.07) is 15.1. The van der Waals surface area contributed by atoms with Crippen LogP contribution in [-0.2, 0) is 4.79 Å². The molecule has 0 saturated carbocycles. The number of amides is 2. The number of hydrogen-bond donors (Lipinski definition) is 1. The minimum atomic E-state index is -0.244. The largest absolute Gasteiger partial charge is 0.343 e. The van der Waals surface area contributed by atoms with E-state index in [9.17, 15) is 9.59 Å². The van der Waals surface area contributed by atoms with Gasteiger partial charge in [-0.1, -0.05) is 28.1 Å². The minimum Gasteiger partial charge on any atom is -0.343 e. The molecule has 138 valence electrons. The van der Waals surface area contributed by atoms with Crippen molar-refractivity contribution >= 4 is 49.3 Å². The van der Waals surface area contributed by atoms with Crippen LogP contribution in [0.1, 0.15) is 34.2 Å². The number of para-hydroxylation sites is 1. The Labute approximate surface area is 169 Å². The first-order valence-electron chi connectivity index (χ1n) is 8.80. The van der Waals surface area contributed by atoms with Gasteiger partial charge in [-0.25, -0.2) is 4.98 Å². The van der Waals surface area contributed by atoms with Crippen LogP contribution < -0.4 is 5.32 Å². The van der Waals surface area contributed by atoms with E-state index in [4.69, 9.17) is 4.98 Å². The van der Waals surface area contributed by atoms with Crippen molar-refractivity contribution in [2.45, 2.75) is 18.9 Å². The molecule has 1 atom stereocenters. The molecule has 4 rings (SSSR count). The van der Waals surface area contributed by atoms with Crippen molar-refractivity contribution in [1.82, 2.24) is 15.2 Å². The van der Waals surface area contributed by atoms with Gasteiger partial charge in [0, 0.05) is 16.6 Å². The van der Waals surface area contributed by atoms with Crippen LogP contribution in [0.5, 0.6) is 0 Å². The molecule has 0 spiro atoms. The Kier molecular flexibility index (Phi) is 5.22. The van der Waals surface area contributed by atoms with Crippen LogP contribution in [0, 0.1) is 0 Å². The van der Waals surface area contributed by atoms with E-state index in [2.05, 4.69) is 27.3 Å². The van der Waals surface area contributed by atoms with Crippen LogP contribution in [-0.4, -0.2) is 34.8 Å². The zero-order valence-corrected chi connectivity index (χ0v) is 16.9. The summed E-state index contributed by atoms with van der Waals surface area (Å²) in [4.78, 5) is 31.5. The van der Waals surface area contributed by atoms with Crippen LogP contribution in [0.25, 0.3) is 10.2 Å². The third kappa shape index (κ3) is 3.89. The highest BCUT2D eigenvalue weighted by Gasteiger charge is 2.32. The number of fused-ring (bicyclic) bond motifs is 1. The number of carbonyl (C=O) groups excluding carboxylic acids is 2. The van der Waals surface area contributed by atoms with Gasteiger partial charge in [0.1, 0.15) is 5.01 Å². The van der Waals surface area contributed by atoms with Crippen LogP contribution in [0.2, 0.25) is 0 Å². The van der Waals surface area contributed by atoms with Crippen molar-refractivity contribution in [3.05, 3.63) is 63.6 Å². The van der Waals surface area contributed by atoms with E-state index >= 15 is 0 Å². The second-order valence-electron chi connectivity index (χ2n) is 6.45. The molecule has 1 unspecified atom stereocenters. The lowest BCUT2D eigenvalue weighted by atomic mass is 10.2. The summed E-state index contributed by atoms with van der Waals surface area (Å²) >= 11 is 4.99. The molecular weight excluding hydrogens is 426 g/mol. The smallest absolute Gasteiger partial charge is 0.251 e. The minimum absolute atomic E-state index is 0.000479. The number of halogens is 1. The number of aromatic nitrogens is 1. The Morgan fingerprint density at radius 2 is 1.96 bits per heavy atom. The lowest BCUT2D eigenvalue weighted by Crippen LogP contribution is -2.39. The number of thiazole rings is 1. The number of hydrogen-bond acceptors (Lipinski definition) is 4. The molecular formula is C20H18BrN3O2S. The number of rotatable bonds is 4. The Morgan fingerprint density at radius 3 is 2.74 bits per heavy atom. The predicted molar refractivity (Wildman–Crippen MR) is 110 cm³/mol. The molecule has 1 aliphatic rings. The second-order valence-corrected chi connectivity index (χ2v) is 8.43. The van der Waals surface area contributed by atoms with Gasteiger partial charge in [-0.15, -0.1) is 11.3 Å². The number of likely N-dealkylation sites (tertiary alicyclic amines) is 1. The fourth-order valence-electron chi connectivity index (χ4n) is 3.32. The molecule has 2 aromatic carbocycles. The molecule has 7 heteroatoms. The first kappa shape index (κ1) is 18.1. The number of benzene rings is 2. The second kappa shape index (κ2) is 7.78. The van der Waals surface area contributed by atoms with Crippen molar-refractivity contribution in [3.63, 3.8) is 0 Å². The van der Waals surface area contributed by atoms with Gasteiger partial charge in [-0.05, 0) is 49.2 Å². The molecule has 2 heterocycles. The molecule has 1 fully saturated rings. The summed E-state index contributed by atoms with van der Waals surface area (Å²) in [5.74, 6) is -0.311. The molecule has 0 aliphatic carbocycles. The average Bonchev–Trinajstić information content (AvgIpc) is 3.32. The van der Waals surface area contributed by atoms with Gasteiger partial charge in [-0.3, -0.25) is 9.59 Å². The SMILES string of the molecule is O=C(NCC(=O)N1CCCC1c1nc2ccccc2s1)c1ccc(Br)cc1. The molecule has 3 aromatic rings. The summed E-state index contributed by atoms with van der Waals surface area (Å²) in [5.41, 5.74) is 1.51. The van der Waals surface area contributed by atoms with Gasteiger partial charge >= 0.3 is 0 Å². The molecule has 1 N–H and O–H groups in total. The third-order valence-electron chi connectivity index (χ3n) is 4.68. The number of nitrogens with one attached hydrogen (secondary N) is 1. The van der Waals surface area contributed by atoms with E-state index in [0.717, 1.165) is 32.5 Å². The van der Waals surface area contributed by atoms with E-state index in [-0.39, 0.29) is 24.4 Å². The number of nitrogens with zero attached hydrogens (tertiary/aromatic N) is 2. The number of carbonyl (C=O) groups is 2. The van der Waals surface area contributed by atoms with Crippen LogP contribution in [0.4, 0.5) is 0 Å². The van der Waals surface area contributed by atoms with E-state index in [1.54, 1.807) is 35.6 Å². The Bertz CT molecular complexity index is 953. The standard InChI is InChI=1S/C20H18BrN3O2S/c21-14-9-7-13(8-10-14)19(26)22-12-18(25)24-11-3-5-16(24)20-23-15-4-1-2-6-17(15)27-20/h1-2,4,6-10,16H,3,5,11-12H2,(H,22,26). The van der Waals surface area contributed by atoms with Gasteiger partial charge in [0.05, 0.1) is 22.8 Å². The van der Waals surface area contributed by atoms with Crippen molar-refractivity contribution < 1.29 is 9.59 Å².